The van der Waals surface area contributed by atoms with Crippen molar-refractivity contribution in [2.24, 2.45) is 11.8 Å². The van der Waals surface area contributed by atoms with Gasteiger partial charge in [0, 0.05) is 25.0 Å². The van der Waals surface area contributed by atoms with Gasteiger partial charge in [-0.3, -0.25) is 0 Å². The summed E-state index contributed by atoms with van der Waals surface area (Å²) in [6.07, 6.45) is 0. The molecule has 0 unspecified atom stereocenters. The van der Waals surface area contributed by atoms with E-state index in [0.29, 0.717) is 25.0 Å². The van der Waals surface area contributed by atoms with Crippen LogP contribution in [0.25, 0.3) is 0 Å². The molecule has 2 nitrogen and oxygen atoms in total. The molecule has 0 amide bonds. The summed E-state index contributed by atoms with van der Waals surface area (Å²) in [6, 6.07) is 21.7. The SMILES string of the molecule is CCOC1(OCC)[C@@H](C)[C@@H](c2ccccc2)[C@H](c2ccccc2)[C@@H]1C. The summed E-state index contributed by atoms with van der Waals surface area (Å²) in [7, 11) is 0. The molecule has 2 aromatic rings. The highest BCUT2D eigenvalue weighted by Gasteiger charge is 2.59. The molecule has 0 spiro atoms. The lowest BCUT2D eigenvalue weighted by Gasteiger charge is -2.38. The van der Waals surface area contributed by atoms with Gasteiger partial charge in [-0.25, -0.2) is 0 Å². The Kier molecular flexibility index (Phi) is 5.61. The van der Waals surface area contributed by atoms with Gasteiger partial charge in [0.15, 0.2) is 5.79 Å². The van der Waals surface area contributed by atoms with Crippen molar-refractivity contribution in [3.8, 4) is 0 Å². The molecule has 1 aliphatic carbocycles. The van der Waals surface area contributed by atoms with Crippen LogP contribution in [0.5, 0.6) is 0 Å². The van der Waals surface area contributed by atoms with Gasteiger partial charge >= 0.3 is 0 Å². The summed E-state index contributed by atoms with van der Waals surface area (Å²) in [4.78, 5) is 0. The third-order valence-electron chi connectivity index (χ3n) is 5.84. The molecule has 1 aliphatic rings. The fraction of sp³-hybridized carbons (Fsp3) is 0.478. The molecule has 0 N–H and O–H groups in total. The van der Waals surface area contributed by atoms with Gasteiger partial charge in [-0.1, -0.05) is 74.5 Å². The van der Waals surface area contributed by atoms with E-state index in [9.17, 15) is 0 Å². The van der Waals surface area contributed by atoms with E-state index in [1.807, 2.05) is 0 Å². The normalized spacial score (nSPS) is 28.2. The minimum atomic E-state index is -0.537. The van der Waals surface area contributed by atoms with Gasteiger partial charge in [0.1, 0.15) is 0 Å². The molecule has 0 aliphatic heterocycles. The smallest absolute Gasteiger partial charge is 0.174 e. The molecule has 25 heavy (non-hydrogen) atoms. The lowest BCUT2D eigenvalue weighted by Crippen LogP contribution is -2.44. The number of hydrogen-bond donors (Lipinski definition) is 0. The van der Waals surface area contributed by atoms with Crippen LogP contribution in [0.4, 0.5) is 0 Å². The van der Waals surface area contributed by atoms with E-state index >= 15 is 0 Å². The molecular weight excluding hydrogens is 308 g/mol. The molecule has 1 fully saturated rings. The van der Waals surface area contributed by atoms with Crippen molar-refractivity contribution in [3.63, 3.8) is 0 Å². The van der Waals surface area contributed by atoms with Crippen molar-refractivity contribution in [3.05, 3.63) is 71.8 Å². The number of ether oxygens (including phenoxy) is 2. The number of benzene rings is 2. The van der Waals surface area contributed by atoms with Crippen LogP contribution in [0.1, 0.15) is 50.7 Å². The van der Waals surface area contributed by atoms with Crippen molar-refractivity contribution < 1.29 is 9.47 Å². The molecule has 0 radical (unpaired) electrons. The van der Waals surface area contributed by atoms with Crippen molar-refractivity contribution in [1.82, 2.24) is 0 Å². The van der Waals surface area contributed by atoms with Gasteiger partial charge in [-0.2, -0.15) is 0 Å². The lowest BCUT2D eigenvalue weighted by molar-refractivity contribution is -0.272. The Morgan fingerprint density at radius 1 is 0.680 bits per heavy atom. The average Bonchev–Trinajstić information content (AvgIpc) is 2.86. The Bertz CT molecular complexity index is 593. The van der Waals surface area contributed by atoms with E-state index in [2.05, 4.69) is 88.4 Å². The first kappa shape index (κ1) is 18.2. The van der Waals surface area contributed by atoms with Crippen LogP contribution in [-0.2, 0) is 9.47 Å². The largest absolute Gasteiger partial charge is 0.350 e. The predicted molar refractivity (Wildman–Crippen MR) is 103 cm³/mol. The third kappa shape index (κ3) is 3.14. The Hall–Kier alpha value is -1.64. The first-order valence-electron chi connectivity index (χ1n) is 9.53. The highest BCUT2D eigenvalue weighted by molar-refractivity contribution is 5.34. The highest BCUT2D eigenvalue weighted by Crippen LogP contribution is 2.59. The van der Waals surface area contributed by atoms with Crippen LogP contribution in [0.2, 0.25) is 0 Å². The molecule has 0 heterocycles. The highest BCUT2D eigenvalue weighted by atomic mass is 16.7. The monoisotopic (exact) mass is 338 g/mol. The summed E-state index contributed by atoms with van der Waals surface area (Å²) >= 11 is 0. The molecule has 2 heteroatoms. The molecule has 4 atom stereocenters. The molecular formula is C23H30O2. The zero-order valence-electron chi connectivity index (χ0n) is 15.8. The minimum absolute atomic E-state index is 0.273. The molecule has 0 bridgehead atoms. The second-order valence-corrected chi connectivity index (χ2v) is 7.04. The van der Waals surface area contributed by atoms with Gasteiger partial charge in [0.25, 0.3) is 0 Å². The van der Waals surface area contributed by atoms with Gasteiger partial charge in [0.05, 0.1) is 0 Å². The van der Waals surface area contributed by atoms with Gasteiger partial charge < -0.3 is 9.47 Å². The van der Waals surface area contributed by atoms with Crippen LogP contribution in [0.15, 0.2) is 60.7 Å². The van der Waals surface area contributed by atoms with Crippen LogP contribution >= 0.6 is 0 Å². The Morgan fingerprint density at radius 3 is 1.36 bits per heavy atom. The van der Waals surface area contributed by atoms with Crippen LogP contribution < -0.4 is 0 Å². The zero-order chi connectivity index (χ0) is 17.9. The quantitative estimate of drug-likeness (QED) is 0.637. The Morgan fingerprint density at radius 2 is 1.04 bits per heavy atom. The summed E-state index contributed by atoms with van der Waals surface area (Å²) in [6.45, 7) is 10.0. The van der Waals surface area contributed by atoms with Crippen molar-refractivity contribution in [2.45, 2.75) is 45.3 Å². The van der Waals surface area contributed by atoms with Gasteiger partial charge in [0.2, 0.25) is 0 Å². The molecule has 0 saturated heterocycles. The topological polar surface area (TPSA) is 18.5 Å². The van der Waals surface area contributed by atoms with Crippen molar-refractivity contribution in [1.29, 1.82) is 0 Å². The summed E-state index contributed by atoms with van der Waals surface area (Å²) in [5, 5.41) is 0. The van der Waals surface area contributed by atoms with Gasteiger partial charge in [-0.15, -0.1) is 0 Å². The second kappa shape index (κ2) is 7.72. The first-order valence-corrected chi connectivity index (χ1v) is 9.53. The van der Waals surface area contributed by atoms with Crippen molar-refractivity contribution in [2.75, 3.05) is 13.2 Å². The number of hydrogen-bond acceptors (Lipinski definition) is 2. The maximum atomic E-state index is 6.34. The molecule has 3 rings (SSSR count). The zero-order valence-corrected chi connectivity index (χ0v) is 15.8. The molecule has 0 aromatic heterocycles. The van der Waals surface area contributed by atoms with Crippen LogP contribution in [-0.4, -0.2) is 19.0 Å². The van der Waals surface area contributed by atoms with E-state index in [1.165, 1.54) is 11.1 Å². The van der Waals surface area contributed by atoms with E-state index in [0.717, 1.165) is 0 Å². The van der Waals surface area contributed by atoms with Gasteiger partial charge in [-0.05, 0) is 36.8 Å². The summed E-state index contributed by atoms with van der Waals surface area (Å²) in [5.74, 6) is 0.753. The third-order valence-corrected chi connectivity index (χ3v) is 5.84. The summed E-state index contributed by atoms with van der Waals surface area (Å²) < 4.78 is 12.7. The van der Waals surface area contributed by atoms with E-state index in [-0.39, 0.29) is 11.8 Å². The van der Waals surface area contributed by atoms with E-state index in [4.69, 9.17) is 9.47 Å². The molecule has 1 saturated carbocycles. The maximum Gasteiger partial charge on any atom is 0.174 e. The average molecular weight is 338 g/mol. The number of rotatable bonds is 6. The maximum absolute atomic E-state index is 6.34. The fourth-order valence-electron chi connectivity index (χ4n) is 4.90. The van der Waals surface area contributed by atoms with Crippen molar-refractivity contribution >= 4 is 0 Å². The van der Waals surface area contributed by atoms with Crippen LogP contribution in [0, 0.1) is 11.8 Å². The minimum Gasteiger partial charge on any atom is -0.350 e. The summed E-state index contributed by atoms with van der Waals surface area (Å²) in [5.41, 5.74) is 2.74. The Balaban J connectivity index is 2.12. The standard InChI is InChI=1S/C23H30O2/c1-5-24-23(25-6-2)17(3)21(19-13-9-7-10-14-19)22(18(23)4)20-15-11-8-12-16-20/h7-18,21-22H,5-6H2,1-4H3/t17-,18-,21-,22-/m0/s1. The van der Waals surface area contributed by atoms with E-state index < -0.39 is 5.79 Å². The molecule has 134 valence electrons. The lowest BCUT2D eigenvalue weighted by atomic mass is 9.78. The fourth-order valence-corrected chi connectivity index (χ4v) is 4.90. The Labute approximate surface area is 152 Å². The first-order chi connectivity index (χ1) is 12.2. The molecule has 2 aromatic carbocycles. The van der Waals surface area contributed by atoms with E-state index in [1.54, 1.807) is 0 Å². The second-order valence-electron chi connectivity index (χ2n) is 7.04. The van der Waals surface area contributed by atoms with Crippen LogP contribution in [0.3, 0.4) is 0 Å². The predicted octanol–water partition coefficient (Wildman–Crippen LogP) is 5.61.